The summed E-state index contributed by atoms with van der Waals surface area (Å²) >= 11 is 1.08. The van der Waals surface area contributed by atoms with Crippen LogP contribution in [0.2, 0.25) is 0 Å². The van der Waals surface area contributed by atoms with Crippen molar-refractivity contribution in [3.05, 3.63) is 42.0 Å². The number of carbonyl (C=O) groups is 2. The minimum atomic E-state index is -0.154. The Hall–Kier alpha value is -1.35. The minimum Gasteiger partial charge on any atom is -0.294 e. The molecule has 0 saturated carbocycles. The SMILES string of the molecule is CSC(=O)CC(=O)/C=C/c1ccccc1. The Morgan fingerprint density at radius 2 is 1.93 bits per heavy atom. The van der Waals surface area contributed by atoms with E-state index in [2.05, 4.69) is 0 Å². The molecular formula is C12H12O2S. The van der Waals surface area contributed by atoms with E-state index in [1.807, 2.05) is 30.3 Å². The quantitative estimate of drug-likeness (QED) is 0.577. The Kier molecular flexibility index (Phi) is 4.84. The molecule has 15 heavy (non-hydrogen) atoms. The van der Waals surface area contributed by atoms with E-state index in [9.17, 15) is 9.59 Å². The second-order valence-electron chi connectivity index (χ2n) is 2.96. The molecule has 2 nitrogen and oxygen atoms in total. The van der Waals surface area contributed by atoms with Gasteiger partial charge in [-0.2, -0.15) is 0 Å². The molecule has 1 rings (SSSR count). The summed E-state index contributed by atoms with van der Waals surface area (Å²) in [7, 11) is 0. The van der Waals surface area contributed by atoms with E-state index in [0.717, 1.165) is 17.3 Å². The Morgan fingerprint density at radius 1 is 1.27 bits per heavy atom. The van der Waals surface area contributed by atoms with Crippen LogP contribution in [-0.2, 0) is 9.59 Å². The van der Waals surface area contributed by atoms with Crippen LogP contribution < -0.4 is 0 Å². The summed E-state index contributed by atoms with van der Waals surface area (Å²) in [5.74, 6) is -0.154. The summed E-state index contributed by atoms with van der Waals surface area (Å²) in [4.78, 5) is 22.2. The van der Waals surface area contributed by atoms with Crippen molar-refractivity contribution in [3.8, 4) is 0 Å². The third-order valence-corrected chi connectivity index (χ3v) is 2.41. The van der Waals surface area contributed by atoms with Gasteiger partial charge in [0.05, 0.1) is 6.42 Å². The van der Waals surface area contributed by atoms with Crippen LogP contribution in [0.25, 0.3) is 6.08 Å². The summed E-state index contributed by atoms with van der Waals surface area (Å²) < 4.78 is 0. The molecule has 78 valence electrons. The molecule has 0 unspecified atom stereocenters. The van der Waals surface area contributed by atoms with Gasteiger partial charge in [0, 0.05) is 0 Å². The Bertz CT molecular complexity index is 368. The maximum atomic E-state index is 11.3. The van der Waals surface area contributed by atoms with Gasteiger partial charge in [0.2, 0.25) is 0 Å². The molecule has 0 saturated heterocycles. The van der Waals surface area contributed by atoms with Gasteiger partial charge < -0.3 is 0 Å². The van der Waals surface area contributed by atoms with Crippen LogP contribution in [0.4, 0.5) is 0 Å². The van der Waals surface area contributed by atoms with Crippen molar-refractivity contribution in [2.75, 3.05) is 6.26 Å². The lowest BCUT2D eigenvalue weighted by Gasteiger charge is -1.92. The Morgan fingerprint density at radius 3 is 2.53 bits per heavy atom. The maximum Gasteiger partial charge on any atom is 0.196 e. The lowest BCUT2D eigenvalue weighted by Crippen LogP contribution is -2.00. The first-order chi connectivity index (χ1) is 7.22. The predicted octanol–water partition coefficient (Wildman–Crippen LogP) is 2.55. The van der Waals surface area contributed by atoms with E-state index in [4.69, 9.17) is 0 Å². The van der Waals surface area contributed by atoms with Crippen LogP contribution in [0.15, 0.2) is 36.4 Å². The molecule has 0 heterocycles. The third kappa shape index (κ3) is 4.61. The van der Waals surface area contributed by atoms with Crippen LogP contribution in [0, 0.1) is 0 Å². The number of hydrogen-bond donors (Lipinski definition) is 0. The highest BCUT2D eigenvalue weighted by molar-refractivity contribution is 8.13. The molecule has 3 heteroatoms. The number of ketones is 1. The summed E-state index contributed by atoms with van der Waals surface area (Å²) in [6.45, 7) is 0. The number of hydrogen-bond acceptors (Lipinski definition) is 3. The van der Waals surface area contributed by atoms with E-state index in [1.54, 1.807) is 12.3 Å². The van der Waals surface area contributed by atoms with Gasteiger partial charge in [-0.3, -0.25) is 9.59 Å². The van der Waals surface area contributed by atoms with Crippen LogP contribution in [0.5, 0.6) is 0 Å². The Balaban J connectivity index is 2.52. The molecule has 1 aromatic rings. The molecule has 0 N–H and O–H groups in total. The fourth-order valence-electron chi connectivity index (χ4n) is 1.03. The molecule has 0 amide bonds. The summed E-state index contributed by atoms with van der Waals surface area (Å²) in [5.41, 5.74) is 0.961. The zero-order chi connectivity index (χ0) is 11.1. The first kappa shape index (κ1) is 11.7. The average Bonchev–Trinajstić information content (AvgIpc) is 2.27. The summed E-state index contributed by atoms with van der Waals surface area (Å²) in [6, 6.07) is 9.52. The number of thioether (sulfide) groups is 1. The highest BCUT2D eigenvalue weighted by atomic mass is 32.2. The van der Waals surface area contributed by atoms with Crippen LogP contribution in [0.1, 0.15) is 12.0 Å². The van der Waals surface area contributed by atoms with Gasteiger partial charge in [0.25, 0.3) is 0 Å². The molecule has 0 aliphatic rings. The van der Waals surface area contributed by atoms with E-state index in [-0.39, 0.29) is 17.3 Å². The molecule has 1 aromatic carbocycles. The van der Waals surface area contributed by atoms with E-state index in [1.165, 1.54) is 6.08 Å². The van der Waals surface area contributed by atoms with Crippen LogP contribution in [-0.4, -0.2) is 17.2 Å². The third-order valence-electron chi connectivity index (χ3n) is 1.81. The predicted molar refractivity (Wildman–Crippen MR) is 63.6 cm³/mol. The lowest BCUT2D eigenvalue weighted by atomic mass is 10.2. The molecule has 0 atom stereocenters. The molecule has 0 aliphatic heterocycles. The molecule has 0 radical (unpaired) electrons. The van der Waals surface area contributed by atoms with Gasteiger partial charge >= 0.3 is 0 Å². The Labute approximate surface area is 93.4 Å². The smallest absolute Gasteiger partial charge is 0.196 e. The highest BCUT2D eigenvalue weighted by Gasteiger charge is 2.04. The number of carbonyl (C=O) groups excluding carboxylic acids is 2. The standard InChI is InChI=1S/C12H12O2S/c1-15-12(14)9-11(13)8-7-10-5-3-2-4-6-10/h2-8H,9H2,1H3/b8-7+. The van der Waals surface area contributed by atoms with Crippen LogP contribution >= 0.6 is 11.8 Å². The van der Waals surface area contributed by atoms with Crippen molar-refractivity contribution < 1.29 is 9.59 Å². The van der Waals surface area contributed by atoms with Gasteiger partial charge in [-0.15, -0.1) is 0 Å². The maximum absolute atomic E-state index is 11.3. The summed E-state index contributed by atoms with van der Waals surface area (Å²) in [5, 5.41) is -0.0993. The van der Waals surface area contributed by atoms with Crippen molar-refractivity contribution in [1.82, 2.24) is 0 Å². The van der Waals surface area contributed by atoms with Crippen molar-refractivity contribution in [2.24, 2.45) is 0 Å². The van der Waals surface area contributed by atoms with Crippen molar-refractivity contribution in [1.29, 1.82) is 0 Å². The fraction of sp³-hybridized carbons (Fsp3) is 0.167. The van der Waals surface area contributed by atoms with Crippen molar-refractivity contribution >= 4 is 28.7 Å². The van der Waals surface area contributed by atoms with Gasteiger partial charge in [-0.05, 0) is 17.9 Å². The van der Waals surface area contributed by atoms with Crippen molar-refractivity contribution in [2.45, 2.75) is 6.42 Å². The highest BCUT2D eigenvalue weighted by Crippen LogP contribution is 2.04. The van der Waals surface area contributed by atoms with Crippen LogP contribution in [0.3, 0.4) is 0 Å². The average molecular weight is 220 g/mol. The lowest BCUT2D eigenvalue weighted by molar-refractivity contribution is -0.120. The first-order valence-corrected chi connectivity index (χ1v) is 5.77. The second kappa shape index (κ2) is 6.19. The van der Waals surface area contributed by atoms with Gasteiger partial charge in [-0.25, -0.2) is 0 Å². The number of benzene rings is 1. The molecule has 0 bridgehead atoms. The zero-order valence-electron chi connectivity index (χ0n) is 8.47. The monoisotopic (exact) mass is 220 g/mol. The zero-order valence-corrected chi connectivity index (χ0v) is 9.29. The molecule has 0 fully saturated rings. The molecule has 0 aliphatic carbocycles. The van der Waals surface area contributed by atoms with E-state index in [0.29, 0.717) is 0 Å². The second-order valence-corrected chi connectivity index (χ2v) is 3.83. The first-order valence-electron chi connectivity index (χ1n) is 4.55. The van der Waals surface area contributed by atoms with E-state index < -0.39 is 0 Å². The molecule has 0 spiro atoms. The normalized spacial score (nSPS) is 10.5. The minimum absolute atomic E-state index is 0.0233. The van der Waals surface area contributed by atoms with Gasteiger partial charge in [0.15, 0.2) is 10.9 Å². The van der Waals surface area contributed by atoms with E-state index >= 15 is 0 Å². The fourth-order valence-corrected chi connectivity index (χ4v) is 1.31. The molecular weight excluding hydrogens is 208 g/mol. The molecule has 0 aromatic heterocycles. The van der Waals surface area contributed by atoms with Gasteiger partial charge in [0.1, 0.15) is 0 Å². The number of rotatable bonds is 4. The topological polar surface area (TPSA) is 34.1 Å². The van der Waals surface area contributed by atoms with Gasteiger partial charge in [-0.1, -0.05) is 48.2 Å². The van der Waals surface area contributed by atoms with Crippen molar-refractivity contribution in [3.63, 3.8) is 0 Å². The largest absolute Gasteiger partial charge is 0.294 e. The number of allylic oxidation sites excluding steroid dienone is 1. The summed E-state index contributed by atoms with van der Waals surface area (Å²) in [6.07, 6.45) is 4.82.